The third kappa shape index (κ3) is 2.48. The number of nitrogens with zero attached hydrogens (tertiary/aromatic N) is 4. The molecule has 0 amide bonds. The minimum Gasteiger partial charge on any atom is -0.338 e. The Balaban J connectivity index is 2.25. The van der Waals surface area contributed by atoms with Crippen LogP contribution in [0, 0.1) is 0 Å². The van der Waals surface area contributed by atoms with Gasteiger partial charge in [0.15, 0.2) is 5.78 Å². The van der Waals surface area contributed by atoms with Crippen LogP contribution in [-0.4, -0.2) is 24.9 Å². The summed E-state index contributed by atoms with van der Waals surface area (Å²) in [5.74, 6) is 0.789. The molecule has 18 heavy (non-hydrogen) atoms. The van der Waals surface area contributed by atoms with Gasteiger partial charge in [-0.2, -0.15) is 0 Å². The van der Waals surface area contributed by atoms with E-state index in [4.69, 9.17) is 0 Å². The van der Waals surface area contributed by atoms with E-state index in [0.29, 0.717) is 4.88 Å². The van der Waals surface area contributed by atoms with Gasteiger partial charge in [0.1, 0.15) is 10.7 Å². The predicted octanol–water partition coefficient (Wildman–Crippen LogP) is 1.99. The van der Waals surface area contributed by atoms with E-state index in [2.05, 4.69) is 14.6 Å². The fourth-order valence-corrected chi connectivity index (χ4v) is 2.47. The van der Waals surface area contributed by atoms with Crippen molar-refractivity contribution in [3.63, 3.8) is 0 Å². The molecule has 5 nitrogen and oxygen atoms in total. The highest BCUT2D eigenvalue weighted by atomic mass is 32.1. The molecule has 0 saturated heterocycles. The van der Waals surface area contributed by atoms with Gasteiger partial charge in [-0.1, -0.05) is 25.3 Å². The number of carbonyl (C=O) groups excluding carboxylic acids is 1. The molecular weight excluding hydrogens is 248 g/mol. The number of rotatable bonds is 3. The molecule has 2 rings (SSSR count). The standard InChI is InChI=1S/C12H16N4OS/c1-12(2,3)11-10(18-15-14-11)8(17)7-9-13-5-6-16(9)4/h5-6H,7H2,1-4H3. The minimum atomic E-state index is -0.167. The first-order valence-electron chi connectivity index (χ1n) is 5.72. The summed E-state index contributed by atoms with van der Waals surface area (Å²) in [6, 6.07) is 0. The van der Waals surface area contributed by atoms with Gasteiger partial charge in [-0.05, 0) is 11.5 Å². The maximum absolute atomic E-state index is 12.3. The monoisotopic (exact) mass is 264 g/mol. The van der Waals surface area contributed by atoms with Crippen molar-refractivity contribution in [1.29, 1.82) is 0 Å². The van der Waals surface area contributed by atoms with Crippen molar-refractivity contribution in [1.82, 2.24) is 19.1 Å². The molecule has 0 aromatic carbocycles. The molecule has 0 N–H and O–H groups in total. The Bertz CT molecular complexity index is 565. The predicted molar refractivity (Wildman–Crippen MR) is 69.9 cm³/mol. The third-order valence-corrected chi connectivity index (χ3v) is 3.46. The molecule has 0 aliphatic rings. The number of aromatic nitrogens is 4. The van der Waals surface area contributed by atoms with Crippen LogP contribution in [0.4, 0.5) is 0 Å². The maximum Gasteiger partial charge on any atom is 0.183 e. The van der Waals surface area contributed by atoms with Gasteiger partial charge in [0, 0.05) is 24.9 Å². The van der Waals surface area contributed by atoms with Crippen LogP contribution in [-0.2, 0) is 18.9 Å². The Morgan fingerprint density at radius 3 is 2.72 bits per heavy atom. The first-order valence-corrected chi connectivity index (χ1v) is 6.49. The molecule has 0 fully saturated rings. The molecule has 2 heterocycles. The highest BCUT2D eigenvalue weighted by Gasteiger charge is 2.26. The highest BCUT2D eigenvalue weighted by Crippen LogP contribution is 2.26. The Morgan fingerprint density at radius 1 is 1.44 bits per heavy atom. The Morgan fingerprint density at radius 2 is 2.17 bits per heavy atom. The molecule has 0 radical (unpaired) electrons. The smallest absolute Gasteiger partial charge is 0.183 e. The maximum atomic E-state index is 12.3. The van der Waals surface area contributed by atoms with Crippen LogP contribution in [0.2, 0.25) is 0 Å². The van der Waals surface area contributed by atoms with Crippen molar-refractivity contribution in [2.75, 3.05) is 0 Å². The molecule has 2 aromatic rings. The SMILES string of the molecule is Cn1ccnc1CC(=O)c1snnc1C(C)(C)C. The van der Waals surface area contributed by atoms with Crippen LogP contribution in [0.1, 0.15) is 42.0 Å². The first-order chi connectivity index (χ1) is 8.39. The van der Waals surface area contributed by atoms with Crippen LogP contribution >= 0.6 is 11.5 Å². The van der Waals surface area contributed by atoms with Gasteiger partial charge < -0.3 is 4.57 Å². The molecule has 0 spiro atoms. The lowest BCUT2D eigenvalue weighted by Gasteiger charge is -2.15. The number of hydrogen-bond acceptors (Lipinski definition) is 5. The molecule has 0 bridgehead atoms. The zero-order valence-electron chi connectivity index (χ0n) is 11.0. The van der Waals surface area contributed by atoms with Crippen LogP contribution in [0.15, 0.2) is 12.4 Å². The summed E-state index contributed by atoms with van der Waals surface area (Å²) >= 11 is 1.16. The number of ketones is 1. The number of Topliss-reactive ketones (excluding diaryl/α,β-unsaturated/α-hetero) is 1. The van der Waals surface area contributed by atoms with Crippen molar-refractivity contribution < 1.29 is 4.79 Å². The topological polar surface area (TPSA) is 60.7 Å². The molecular formula is C12H16N4OS. The van der Waals surface area contributed by atoms with Crippen LogP contribution in [0.25, 0.3) is 0 Å². The lowest BCUT2D eigenvalue weighted by molar-refractivity contribution is 0.0991. The molecule has 0 aliphatic carbocycles. The number of hydrogen-bond donors (Lipinski definition) is 0. The molecule has 0 saturated carbocycles. The second-order valence-corrected chi connectivity index (χ2v) is 6.01. The van der Waals surface area contributed by atoms with E-state index in [9.17, 15) is 4.79 Å². The van der Waals surface area contributed by atoms with Crippen LogP contribution < -0.4 is 0 Å². The highest BCUT2D eigenvalue weighted by molar-refractivity contribution is 7.08. The minimum absolute atomic E-state index is 0.0317. The van der Waals surface area contributed by atoms with Crippen molar-refractivity contribution >= 4 is 17.3 Å². The van der Waals surface area contributed by atoms with E-state index in [1.807, 2.05) is 38.6 Å². The van der Waals surface area contributed by atoms with E-state index in [0.717, 1.165) is 23.1 Å². The van der Waals surface area contributed by atoms with E-state index < -0.39 is 0 Å². The van der Waals surface area contributed by atoms with Gasteiger partial charge in [-0.3, -0.25) is 4.79 Å². The molecule has 0 atom stereocenters. The Kier molecular flexibility index (Phi) is 3.30. The Labute approximate surface area is 110 Å². The average Bonchev–Trinajstić information content (AvgIpc) is 2.86. The summed E-state index contributed by atoms with van der Waals surface area (Å²) in [5, 5.41) is 4.08. The quantitative estimate of drug-likeness (QED) is 0.795. The van der Waals surface area contributed by atoms with Crippen LogP contribution in [0.3, 0.4) is 0 Å². The number of aryl methyl sites for hydroxylation is 1. The van der Waals surface area contributed by atoms with Crippen molar-refractivity contribution in [2.24, 2.45) is 7.05 Å². The fourth-order valence-electron chi connectivity index (χ4n) is 1.65. The van der Waals surface area contributed by atoms with Crippen molar-refractivity contribution in [2.45, 2.75) is 32.6 Å². The zero-order chi connectivity index (χ0) is 13.3. The summed E-state index contributed by atoms with van der Waals surface area (Å²) in [5.41, 5.74) is 0.603. The van der Waals surface area contributed by atoms with E-state index in [1.54, 1.807) is 6.20 Å². The normalized spacial score (nSPS) is 11.8. The molecule has 2 aromatic heterocycles. The zero-order valence-corrected chi connectivity index (χ0v) is 11.8. The van der Waals surface area contributed by atoms with Gasteiger partial charge in [-0.15, -0.1) is 5.10 Å². The lowest BCUT2D eigenvalue weighted by Crippen LogP contribution is -2.17. The summed E-state index contributed by atoms with van der Waals surface area (Å²) in [6.45, 7) is 6.09. The number of imidazole rings is 1. The van der Waals surface area contributed by atoms with Crippen molar-refractivity contribution in [3.05, 3.63) is 28.8 Å². The van der Waals surface area contributed by atoms with Gasteiger partial charge in [0.25, 0.3) is 0 Å². The van der Waals surface area contributed by atoms with E-state index in [1.165, 1.54) is 0 Å². The van der Waals surface area contributed by atoms with E-state index >= 15 is 0 Å². The molecule has 6 heteroatoms. The summed E-state index contributed by atoms with van der Waals surface area (Å²) in [6.07, 6.45) is 3.81. The first kappa shape index (κ1) is 12.9. The van der Waals surface area contributed by atoms with Gasteiger partial charge in [0.05, 0.1) is 12.1 Å². The molecule has 96 valence electrons. The summed E-state index contributed by atoms with van der Waals surface area (Å²) in [7, 11) is 1.88. The molecule has 0 aliphatic heterocycles. The third-order valence-electron chi connectivity index (χ3n) is 2.69. The summed E-state index contributed by atoms with van der Waals surface area (Å²) in [4.78, 5) is 17.1. The second kappa shape index (κ2) is 4.61. The van der Waals surface area contributed by atoms with Crippen molar-refractivity contribution in [3.8, 4) is 0 Å². The Hall–Kier alpha value is -1.56. The van der Waals surface area contributed by atoms with E-state index in [-0.39, 0.29) is 17.6 Å². The van der Waals surface area contributed by atoms with Crippen LogP contribution in [0.5, 0.6) is 0 Å². The lowest BCUT2D eigenvalue weighted by atomic mass is 9.90. The van der Waals surface area contributed by atoms with Gasteiger partial charge in [-0.25, -0.2) is 4.98 Å². The average molecular weight is 264 g/mol. The second-order valence-electron chi connectivity index (χ2n) is 5.25. The van der Waals surface area contributed by atoms with Gasteiger partial charge in [0.2, 0.25) is 0 Å². The summed E-state index contributed by atoms with van der Waals surface area (Å²) < 4.78 is 5.76. The fraction of sp³-hybridized carbons (Fsp3) is 0.500. The number of carbonyl (C=O) groups is 1. The van der Waals surface area contributed by atoms with Gasteiger partial charge >= 0.3 is 0 Å². The molecule has 0 unspecified atom stereocenters. The largest absolute Gasteiger partial charge is 0.338 e.